The maximum absolute atomic E-state index is 5.41. The highest BCUT2D eigenvalue weighted by atomic mass is 32.2. The van der Waals surface area contributed by atoms with E-state index in [0.29, 0.717) is 11.3 Å². The fourth-order valence-corrected chi connectivity index (χ4v) is 3.35. The van der Waals surface area contributed by atoms with Crippen molar-refractivity contribution < 1.29 is 4.74 Å². The van der Waals surface area contributed by atoms with Gasteiger partial charge in [-0.05, 0) is 49.9 Å². The van der Waals surface area contributed by atoms with Crippen LogP contribution < -0.4 is 15.4 Å². The first-order chi connectivity index (χ1) is 12.2. The van der Waals surface area contributed by atoms with Crippen LogP contribution in [0.2, 0.25) is 0 Å². The second-order valence-electron chi connectivity index (χ2n) is 6.42. The van der Waals surface area contributed by atoms with Gasteiger partial charge < -0.3 is 15.4 Å². The van der Waals surface area contributed by atoms with E-state index >= 15 is 0 Å². The molecule has 25 heavy (non-hydrogen) atoms. The van der Waals surface area contributed by atoms with Crippen molar-refractivity contribution in [1.29, 1.82) is 0 Å². The molecule has 1 saturated heterocycles. The van der Waals surface area contributed by atoms with Crippen molar-refractivity contribution >= 4 is 17.7 Å². The number of guanidine groups is 1. The molecule has 0 bridgehead atoms. The molecule has 0 aliphatic carbocycles. The fourth-order valence-electron chi connectivity index (χ4n) is 3.10. The largest absolute Gasteiger partial charge is 0.497 e. The van der Waals surface area contributed by atoms with Gasteiger partial charge in [0.2, 0.25) is 0 Å². The minimum atomic E-state index is 0.328. The van der Waals surface area contributed by atoms with Crippen LogP contribution >= 0.6 is 11.8 Å². The minimum absolute atomic E-state index is 0.328. The Hall–Kier alpha value is -1.40. The van der Waals surface area contributed by atoms with Crippen LogP contribution in [0.15, 0.2) is 29.3 Å². The Balaban J connectivity index is 2.03. The number of thioether (sulfide) groups is 1. The van der Waals surface area contributed by atoms with Gasteiger partial charge in [-0.15, -0.1) is 0 Å². The quantitative estimate of drug-likeness (QED) is 0.549. The van der Waals surface area contributed by atoms with E-state index in [1.165, 1.54) is 18.4 Å². The van der Waals surface area contributed by atoms with Gasteiger partial charge in [-0.25, -0.2) is 0 Å². The Labute approximate surface area is 156 Å². The van der Waals surface area contributed by atoms with Gasteiger partial charge in [0.1, 0.15) is 5.75 Å². The molecule has 0 aromatic heterocycles. The van der Waals surface area contributed by atoms with Gasteiger partial charge in [0.15, 0.2) is 5.96 Å². The van der Waals surface area contributed by atoms with Crippen molar-refractivity contribution in [2.45, 2.75) is 31.1 Å². The summed E-state index contributed by atoms with van der Waals surface area (Å²) in [6.07, 6.45) is 4.69. The second kappa shape index (κ2) is 10.6. The predicted octanol–water partition coefficient (Wildman–Crippen LogP) is 2.75. The fraction of sp³-hybridized carbons (Fsp3) is 0.632. The van der Waals surface area contributed by atoms with Crippen LogP contribution in [-0.4, -0.2) is 62.7 Å². The Bertz CT molecular complexity index is 546. The third-order valence-corrected chi connectivity index (χ3v) is 5.68. The molecule has 5 nitrogen and oxygen atoms in total. The van der Waals surface area contributed by atoms with Crippen LogP contribution in [-0.2, 0) is 0 Å². The topological polar surface area (TPSA) is 48.9 Å². The molecule has 140 valence electrons. The maximum atomic E-state index is 5.41. The second-order valence-corrected chi connectivity index (χ2v) is 7.69. The van der Waals surface area contributed by atoms with Crippen LogP contribution in [0.25, 0.3) is 0 Å². The lowest BCUT2D eigenvalue weighted by Gasteiger charge is -2.29. The molecule has 0 radical (unpaired) electrons. The lowest BCUT2D eigenvalue weighted by atomic mass is 10.1. The lowest BCUT2D eigenvalue weighted by molar-refractivity contribution is 0.245. The summed E-state index contributed by atoms with van der Waals surface area (Å²) in [5, 5.41) is 7.49. The molecule has 0 spiro atoms. The van der Waals surface area contributed by atoms with E-state index in [1.54, 1.807) is 7.11 Å². The first kappa shape index (κ1) is 19.9. The zero-order valence-electron chi connectivity index (χ0n) is 15.9. The predicted molar refractivity (Wildman–Crippen MR) is 109 cm³/mol. The summed E-state index contributed by atoms with van der Waals surface area (Å²) < 4.78 is 5.41. The van der Waals surface area contributed by atoms with Crippen LogP contribution in [0.4, 0.5) is 0 Å². The molecule has 1 aliphatic heterocycles. The van der Waals surface area contributed by atoms with Gasteiger partial charge in [-0.2, -0.15) is 11.8 Å². The first-order valence-corrected chi connectivity index (χ1v) is 10.3. The van der Waals surface area contributed by atoms with Gasteiger partial charge in [-0.1, -0.05) is 19.1 Å². The van der Waals surface area contributed by atoms with Gasteiger partial charge >= 0.3 is 0 Å². The van der Waals surface area contributed by atoms with Crippen LogP contribution in [0.5, 0.6) is 5.75 Å². The molecule has 6 heteroatoms. The Kier molecular flexibility index (Phi) is 8.41. The zero-order chi connectivity index (χ0) is 18.1. The molecule has 1 aliphatic rings. The van der Waals surface area contributed by atoms with Crippen LogP contribution in [0.3, 0.4) is 0 Å². The van der Waals surface area contributed by atoms with Gasteiger partial charge in [0, 0.05) is 25.4 Å². The summed E-state index contributed by atoms with van der Waals surface area (Å²) in [5.41, 5.74) is 1.29. The molecule has 1 aromatic rings. The molecular weight excluding hydrogens is 332 g/mol. The van der Waals surface area contributed by atoms with Crippen molar-refractivity contribution in [3.63, 3.8) is 0 Å². The monoisotopic (exact) mass is 364 g/mol. The summed E-state index contributed by atoms with van der Waals surface area (Å²) in [7, 11) is 3.55. The molecule has 1 fully saturated rings. The van der Waals surface area contributed by atoms with E-state index in [4.69, 9.17) is 4.74 Å². The van der Waals surface area contributed by atoms with Crippen LogP contribution in [0, 0.1) is 0 Å². The Morgan fingerprint density at radius 2 is 2.00 bits per heavy atom. The van der Waals surface area contributed by atoms with Gasteiger partial charge in [0.05, 0.1) is 13.2 Å². The standard InChI is InChI=1S/C19H32N4OS/c1-15(25-4)13-21-19(20-2)22-14-18(23-10-5-6-11-23)16-8-7-9-17(12-16)24-3/h7-9,12,15,18H,5-6,10-11,13-14H2,1-4H3,(H2,20,21,22). The highest BCUT2D eigenvalue weighted by Crippen LogP contribution is 2.27. The lowest BCUT2D eigenvalue weighted by Crippen LogP contribution is -2.44. The van der Waals surface area contributed by atoms with E-state index in [2.05, 4.69) is 51.9 Å². The molecular formula is C19H32N4OS. The molecule has 2 unspecified atom stereocenters. The average molecular weight is 365 g/mol. The third-order valence-electron chi connectivity index (χ3n) is 4.71. The van der Waals surface area contributed by atoms with E-state index in [0.717, 1.165) is 37.9 Å². The number of hydrogen-bond acceptors (Lipinski definition) is 4. The third kappa shape index (κ3) is 6.12. The molecule has 0 amide bonds. The summed E-state index contributed by atoms with van der Waals surface area (Å²) >= 11 is 1.86. The average Bonchev–Trinajstić information content (AvgIpc) is 3.18. The smallest absolute Gasteiger partial charge is 0.191 e. The number of ether oxygens (including phenoxy) is 1. The van der Waals surface area contributed by atoms with Crippen molar-refractivity contribution in [2.75, 3.05) is 46.6 Å². The number of likely N-dealkylation sites (tertiary alicyclic amines) is 1. The highest BCUT2D eigenvalue weighted by molar-refractivity contribution is 7.99. The highest BCUT2D eigenvalue weighted by Gasteiger charge is 2.24. The first-order valence-electron chi connectivity index (χ1n) is 9.03. The Morgan fingerprint density at radius 3 is 2.64 bits per heavy atom. The van der Waals surface area contributed by atoms with Crippen LogP contribution in [0.1, 0.15) is 31.4 Å². The van der Waals surface area contributed by atoms with Crippen molar-refractivity contribution in [3.8, 4) is 5.75 Å². The minimum Gasteiger partial charge on any atom is -0.497 e. The SMILES string of the molecule is CN=C(NCC(C)SC)NCC(c1cccc(OC)c1)N1CCCC1. The number of methoxy groups -OCH3 is 1. The normalized spacial score (nSPS) is 18.0. The van der Waals surface area contributed by atoms with Crippen molar-refractivity contribution in [2.24, 2.45) is 4.99 Å². The van der Waals surface area contributed by atoms with Gasteiger partial charge in [-0.3, -0.25) is 9.89 Å². The molecule has 1 heterocycles. The van der Waals surface area contributed by atoms with E-state index < -0.39 is 0 Å². The number of aliphatic imine (C=N–C) groups is 1. The molecule has 2 atom stereocenters. The van der Waals surface area contributed by atoms with E-state index in [-0.39, 0.29) is 0 Å². The van der Waals surface area contributed by atoms with Crippen molar-refractivity contribution in [3.05, 3.63) is 29.8 Å². The molecule has 0 saturated carbocycles. The molecule has 2 N–H and O–H groups in total. The number of hydrogen-bond donors (Lipinski definition) is 2. The maximum Gasteiger partial charge on any atom is 0.191 e. The van der Waals surface area contributed by atoms with Crippen molar-refractivity contribution in [1.82, 2.24) is 15.5 Å². The Morgan fingerprint density at radius 1 is 1.28 bits per heavy atom. The van der Waals surface area contributed by atoms with E-state index in [9.17, 15) is 0 Å². The summed E-state index contributed by atoms with van der Waals surface area (Å²) in [4.78, 5) is 6.92. The number of benzene rings is 1. The summed E-state index contributed by atoms with van der Waals surface area (Å²) in [6.45, 7) is 6.27. The number of nitrogens with zero attached hydrogens (tertiary/aromatic N) is 2. The molecule has 1 aromatic carbocycles. The number of nitrogens with one attached hydrogen (secondary N) is 2. The van der Waals surface area contributed by atoms with E-state index in [1.807, 2.05) is 24.9 Å². The number of rotatable bonds is 8. The molecule has 2 rings (SSSR count). The van der Waals surface area contributed by atoms with Gasteiger partial charge in [0.25, 0.3) is 0 Å². The zero-order valence-corrected chi connectivity index (χ0v) is 16.7. The summed E-state index contributed by atoms with van der Waals surface area (Å²) in [6, 6.07) is 8.75. The summed E-state index contributed by atoms with van der Waals surface area (Å²) in [5.74, 6) is 1.78.